The van der Waals surface area contributed by atoms with Gasteiger partial charge in [0.25, 0.3) is 5.56 Å². The normalized spacial score (nSPS) is 15.5. The van der Waals surface area contributed by atoms with E-state index >= 15 is 0 Å². The Morgan fingerprint density at radius 1 is 1.26 bits per heavy atom. The number of aryl methyl sites for hydroxylation is 1. The van der Waals surface area contributed by atoms with Gasteiger partial charge in [-0.05, 0) is 37.5 Å². The number of para-hydroxylation sites is 1. The number of methoxy groups -OCH3 is 1. The smallest absolute Gasteiger partial charge is 0.348 e. The molecule has 2 heterocycles. The van der Waals surface area contributed by atoms with Gasteiger partial charge < -0.3 is 19.6 Å². The van der Waals surface area contributed by atoms with Crippen LogP contribution in [-0.4, -0.2) is 58.4 Å². The number of benzene rings is 1. The van der Waals surface area contributed by atoms with E-state index in [-0.39, 0.29) is 12.2 Å². The van der Waals surface area contributed by atoms with Gasteiger partial charge in [0.05, 0.1) is 19.0 Å². The Labute approximate surface area is 202 Å². The second-order valence-corrected chi connectivity index (χ2v) is 9.74. The Hall–Kier alpha value is -2.75. The van der Waals surface area contributed by atoms with Gasteiger partial charge in [0.1, 0.15) is 34.0 Å². The van der Waals surface area contributed by atoms with Crippen molar-refractivity contribution in [1.29, 1.82) is 0 Å². The van der Waals surface area contributed by atoms with Gasteiger partial charge in [0.2, 0.25) is 0 Å². The average Bonchev–Trinajstić information content (AvgIpc) is 3.19. The Morgan fingerprint density at radius 3 is 2.71 bits per heavy atom. The van der Waals surface area contributed by atoms with Crippen molar-refractivity contribution in [3.63, 3.8) is 0 Å². The van der Waals surface area contributed by atoms with Crippen molar-refractivity contribution in [2.75, 3.05) is 20.3 Å². The molecule has 2 N–H and O–H groups in total. The molecule has 1 unspecified atom stereocenters. The van der Waals surface area contributed by atoms with Gasteiger partial charge in [0.15, 0.2) is 0 Å². The maximum absolute atomic E-state index is 12.9. The number of carbonyl (C=O) groups excluding carboxylic acids is 1. The molecule has 1 saturated carbocycles. The minimum Gasteiger partial charge on any atom is -0.491 e. The number of thiophene rings is 1. The van der Waals surface area contributed by atoms with E-state index in [1.807, 2.05) is 30.3 Å². The highest BCUT2D eigenvalue weighted by Gasteiger charge is 2.26. The van der Waals surface area contributed by atoms with Gasteiger partial charge in [-0.1, -0.05) is 37.5 Å². The third-order valence-corrected chi connectivity index (χ3v) is 7.46. The number of hydrogen-bond acceptors (Lipinski definition) is 8. The second kappa shape index (κ2) is 11.1. The largest absolute Gasteiger partial charge is 0.491 e. The summed E-state index contributed by atoms with van der Waals surface area (Å²) >= 11 is 1.17. The van der Waals surface area contributed by atoms with E-state index in [0.717, 1.165) is 31.4 Å². The van der Waals surface area contributed by atoms with Gasteiger partial charge in [0, 0.05) is 12.6 Å². The Bertz CT molecular complexity index is 1170. The van der Waals surface area contributed by atoms with Crippen LogP contribution in [0, 0.1) is 6.92 Å². The zero-order chi connectivity index (χ0) is 24.1. The van der Waals surface area contributed by atoms with Crippen molar-refractivity contribution in [2.45, 2.75) is 57.7 Å². The molecule has 4 rings (SSSR count). The molecule has 0 radical (unpaired) electrons. The number of ether oxygens (including phenoxy) is 2. The van der Waals surface area contributed by atoms with Crippen LogP contribution in [0.5, 0.6) is 5.75 Å². The molecule has 3 aromatic rings. The number of nitrogens with one attached hydrogen (secondary N) is 1. The molecule has 8 nitrogen and oxygen atoms in total. The SMILES string of the molecule is COC(=O)c1sc2nc(CN(CC(O)COc3ccccc3)C3CCCCC3)[nH]c(=O)c2c1C. The predicted molar refractivity (Wildman–Crippen MR) is 132 cm³/mol. The molecule has 1 aliphatic carbocycles. The number of hydrogen-bond donors (Lipinski definition) is 2. The Morgan fingerprint density at radius 2 is 2.00 bits per heavy atom. The van der Waals surface area contributed by atoms with Crippen molar-refractivity contribution in [2.24, 2.45) is 0 Å². The fourth-order valence-electron chi connectivity index (χ4n) is 4.56. The summed E-state index contributed by atoms with van der Waals surface area (Å²) in [7, 11) is 1.32. The maximum Gasteiger partial charge on any atom is 0.348 e. The van der Waals surface area contributed by atoms with Crippen molar-refractivity contribution in [3.05, 3.63) is 57.0 Å². The average molecular weight is 486 g/mol. The van der Waals surface area contributed by atoms with Crippen LogP contribution in [0.4, 0.5) is 0 Å². The highest BCUT2D eigenvalue weighted by atomic mass is 32.1. The van der Waals surface area contributed by atoms with E-state index < -0.39 is 12.1 Å². The molecule has 1 fully saturated rings. The van der Waals surface area contributed by atoms with Crippen LogP contribution in [0.1, 0.15) is 53.2 Å². The van der Waals surface area contributed by atoms with Gasteiger partial charge in [-0.2, -0.15) is 0 Å². The Kier molecular flexibility index (Phi) is 7.97. The van der Waals surface area contributed by atoms with Crippen molar-refractivity contribution >= 4 is 27.5 Å². The highest BCUT2D eigenvalue weighted by Crippen LogP contribution is 2.28. The molecule has 2 aromatic heterocycles. The summed E-state index contributed by atoms with van der Waals surface area (Å²) in [5, 5.41) is 11.2. The molecule has 182 valence electrons. The van der Waals surface area contributed by atoms with Gasteiger partial charge in [-0.25, -0.2) is 9.78 Å². The first kappa shape index (κ1) is 24.4. The molecule has 0 spiro atoms. The number of aromatic amines is 1. The zero-order valence-corrected chi connectivity index (χ0v) is 20.4. The highest BCUT2D eigenvalue weighted by molar-refractivity contribution is 7.20. The molecule has 0 amide bonds. The molecule has 1 aromatic carbocycles. The number of aromatic nitrogens is 2. The van der Waals surface area contributed by atoms with Crippen LogP contribution >= 0.6 is 11.3 Å². The molecule has 1 atom stereocenters. The van der Waals surface area contributed by atoms with Crippen LogP contribution in [0.15, 0.2) is 35.1 Å². The first-order valence-electron chi connectivity index (χ1n) is 11.7. The number of nitrogens with zero attached hydrogens (tertiary/aromatic N) is 2. The predicted octanol–water partition coefficient (Wildman–Crippen LogP) is 3.65. The second-order valence-electron chi connectivity index (χ2n) is 8.74. The van der Waals surface area contributed by atoms with Crippen LogP contribution in [-0.2, 0) is 11.3 Å². The van der Waals surface area contributed by atoms with Crippen molar-refractivity contribution < 1.29 is 19.4 Å². The fraction of sp³-hybridized carbons (Fsp3) is 0.480. The summed E-state index contributed by atoms with van der Waals surface area (Å²) < 4.78 is 10.6. The number of aliphatic hydroxyl groups is 1. The first-order valence-corrected chi connectivity index (χ1v) is 12.5. The monoisotopic (exact) mass is 485 g/mol. The number of carbonyl (C=O) groups is 1. The summed E-state index contributed by atoms with van der Waals surface area (Å²) in [6.45, 7) is 2.74. The fourth-order valence-corrected chi connectivity index (χ4v) is 5.68. The molecule has 34 heavy (non-hydrogen) atoms. The van der Waals surface area contributed by atoms with Crippen LogP contribution in [0.25, 0.3) is 10.2 Å². The van der Waals surface area contributed by atoms with Crippen LogP contribution in [0.2, 0.25) is 0 Å². The van der Waals surface area contributed by atoms with E-state index in [0.29, 0.717) is 45.6 Å². The summed E-state index contributed by atoms with van der Waals surface area (Å²) in [5.41, 5.74) is 0.324. The van der Waals surface area contributed by atoms with E-state index in [1.165, 1.54) is 24.9 Å². The molecule has 0 aliphatic heterocycles. The summed E-state index contributed by atoms with van der Waals surface area (Å²) in [6.07, 6.45) is 4.91. The van der Waals surface area contributed by atoms with E-state index in [4.69, 9.17) is 9.47 Å². The van der Waals surface area contributed by atoms with Gasteiger partial charge in [-0.15, -0.1) is 11.3 Å². The Balaban J connectivity index is 1.53. The molecular formula is C25H31N3O5S. The summed E-state index contributed by atoms with van der Waals surface area (Å²) in [5.74, 6) is 0.778. The minimum absolute atomic E-state index is 0.183. The van der Waals surface area contributed by atoms with Crippen molar-refractivity contribution in [3.8, 4) is 5.75 Å². The lowest BCUT2D eigenvalue weighted by Gasteiger charge is -2.35. The minimum atomic E-state index is -0.688. The van der Waals surface area contributed by atoms with E-state index in [2.05, 4.69) is 14.9 Å². The van der Waals surface area contributed by atoms with E-state index in [1.54, 1.807) is 6.92 Å². The lowest BCUT2D eigenvalue weighted by Crippen LogP contribution is -2.43. The molecule has 1 aliphatic rings. The quantitative estimate of drug-likeness (QED) is 0.446. The summed E-state index contributed by atoms with van der Waals surface area (Å²) in [4.78, 5) is 35.6. The lowest BCUT2D eigenvalue weighted by molar-refractivity contribution is 0.0387. The van der Waals surface area contributed by atoms with E-state index in [9.17, 15) is 14.7 Å². The van der Waals surface area contributed by atoms with Gasteiger partial charge in [-0.3, -0.25) is 9.69 Å². The third-order valence-electron chi connectivity index (χ3n) is 6.30. The molecule has 9 heteroatoms. The molecule has 0 bridgehead atoms. The first-order chi connectivity index (χ1) is 16.5. The standard InChI is InChI=1S/C25H31N3O5S/c1-16-21-23(30)26-20(27-24(21)34-22(16)25(31)32-2)14-28(17-9-5-3-6-10-17)13-18(29)15-33-19-11-7-4-8-12-19/h4,7-8,11-12,17-18,29H,3,5-6,9-10,13-15H2,1-2H3,(H,26,27,30). The number of H-pyrrole nitrogens is 1. The maximum atomic E-state index is 12.9. The third kappa shape index (κ3) is 5.65. The molecule has 0 saturated heterocycles. The number of fused-ring (bicyclic) bond motifs is 1. The molecular weight excluding hydrogens is 454 g/mol. The van der Waals surface area contributed by atoms with Crippen LogP contribution < -0.4 is 10.3 Å². The topological polar surface area (TPSA) is 105 Å². The van der Waals surface area contributed by atoms with Crippen LogP contribution in [0.3, 0.4) is 0 Å². The zero-order valence-electron chi connectivity index (χ0n) is 19.6. The summed E-state index contributed by atoms with van der Waals surface area (Å²) in [6, 6.07) is 9.74. The number of rotatable bonds is 9. The lowest BCUT2D eigenvalue weighted by atomic mass is 9.94. The van der Waals surface area contributed by atoms with Crippen molar-refractivity contribution in [1.82, 2.24) is 14.9 Å². The number of esters is 1. The number of aliphatic hydroxyl groups excluding tert-OH is 1. The van der Waals surface area contributed by atoms with Gasteiger partial charge >= 0.3 is 5.97 Å².